The summed E-state index contributed by atoms with van der Waals surface area (Å²) in [7, 11) is 1.67. The van der Waals surface area contributed by atoms with Crippen LogP contribution in [0.4, 0.5) is 0 Å². The van der Waals surface area contributed by atoms with Crippen molar-refractivity contribution in [2.75, 3.05) is 7.11 Å². The van der Waals surface area contributed by atoms with Crippen molar-refractivity contribution in [2.45, 2.75) is 12.5 Å². The highest BCUT2D eigenvalue weighted by atomic mass is 16.5. The molecule has 0 saturated carbocycles. The maximum atomic E-state index is 5.18. The average Bonchev–Trinajstić information content (AvgIpc) is 2.84. The molecule has 2 N–H and O–H groups in total. The van der Waals surface area contributed by atoms with Gasteiger partial charge in [-0.1, -0.05) is 18.2 Å². The van der Waals surface area contributed by atoms with Gasteiger partial charge in [-0.05, 0) is 36.6 Å². The third kappa shape index (κ3) is 1.68. The Morgan fingerprint density at radius 1 is 1.28 bits per heavy atom. The number of methoxy groups -OCH3 is 1. The summed E-state index contributed by atoms with van der Waals surface area (Å²) in [5.74, 6) is 0.837. The van der Waals surface area contributed by atoms with Crippen LogP contribution in [-0.2, 0) is 10.3 Å². The van der Waals surface area contributed by atoms with E-state index < -0.39 is 0 Å². The van der Waals surface area contributed by atoms with Gasteiger partial charge >= 0.3 is 0 Å². The van der Waals surface area contributed by atoms with Gasteiger partial charge in [0.2, 0.25) is 0 Å². The molecule has 1 aliphatic heterocycles. The Balaban J connectivity index is 0.00000133. The minimum absolute atomic E-state index is 0. The first-order valence-corrected chi connectivity index (χ1v) is 6.01. The summed E-state index contributed by atoms with van der Waals surface area (Å²) < 4.78 is 5.18. The molecule has 0 aliphatic carbocycles. The lowest BCUT2D eigenvalue weighted by Crippen LogP contribution is -2.36. The molecular weight excluding hydrogens is 224 g/mol. The lowest BCUT2D eigenvalue weighted by Gasteiger charge is -2.28. The number of nitrogens with one attached hydrogen (secondary N) is 2. The van der Waals surface area contributed by atoms with Gasteiger partial charge in [0.15, 0.2) is 0 Å². The summed E-state index contributed by atoms with van der Waals surface area (Å²) >= 11 is 0. The number of allylic oxidation sites excluding steroid dienone is 1. The molecule has 0 fully saturated rings. The van der Waals surface area contributed by atoms with Crippen LogP contribution in [0.1, 0.15) is 14.0 Å². The first-order chi connectivity index (χ1) is 8.71. The fourth-order valence-electron chi connectivity index (χ4n) is 2.21. The van der Waals surface area contributed by atoms with Crippen molar-refractivity contribution >= 4 is 10.9 Å². The van der Waals surface area contributed by atoms with Crippen LogP contribution in [0.2, 0.25) is 0 Å². The molecule has 1 atom stereocenters. The minimum atomic E-state index is -0.221. The fraction of sp³-hybridized carbons (Fsp3) is 0.200. The van der Waals surface area contributed by atoms with Gasteiger partial charge in [-0.2, -0.15) is 0 Å². The fourth-order valence-corrected chi connectivity index (χ4v) is 2.21. The van der Waals surface area contributed by atoms with E-state index >= 15 is 0 Å². The molecule has 1 aromatic carbocycles. The number of aromatic nitrogens is 1. The second-order valence-electron chi connectivity index (χ2n) is 4.70. The summed E-state index contributed by atoms with van der Waals surface area (Å²) in [6.45, 7) is 2.14. The molecule has 1 aromatic heterocycles. The summed E-state index contributed by atoms with van der Waals surface area (Å²) in [6.07, 6.45) is 5.99. The number of ether oxygens (including phenoxy) is 1. The van der Waals surface area contributed by atoms with Gasteiger partial charge in [0, 0.05) is 18.8 Å². The van der Waals surface area contributed by atoms with Crippen LogP contribution >= 0.6 is 0 Å². The predicted molar refractivity (Wildman–Crippen MR) is 75.1 cm³/mol. The Morgan fingerprint density at radius 2 is 2.11 bits per heavy atom. The second-order valence-corrected chi connectivity index (χ2v) is 4.70. The van der Waals surface area contributed by atoms with Crippen molar-refractivity contribution in [3.8, 4) is 0 Å². The van der Waals surface area contributed by atoms with E-state index in [1.807, 2.05) is 18.3 Å². The van der Waals surface area contributed by atoms with Gasteiger partial charge in [-0.3, -0.25) is 0 Å². The van der Waals surface area contributed by atoms with Gasteiger partial charge in [-0.25, -0.2) is 0 Å². The van der Waals surface area contributed by atoms with E-state index in [1.54, 1.807) is 7.11 Å². The van der Waals surface area contributed by atoms with Gasteiger partial charge in [-0.15, -0.1) is 0 Å². The minimum Gasteiger partial charge on any atom is -0.495 e. The topological polar surface area (TPSA) is 37.0 Å². The van der Waals surface area contributed by atoms with Crippen molar-refractivity contribution in [1.29, 1.82) is 0 Å². The molecule has 2 aromatic rings. The molecule has 3 nitrogen and oxygen atoms in total. The zero-order chi connectivity index (χ0) is 12.6. The number of para-hydroxylation sites is 1. The zero-order valence-electron chi connectivity index (χ0n) is 10.5. The third-order valence-electron chi connectivity index (χ3n) is 3.42. The number of hydrogen-bond acceptors (Lipinski definition) is 2. The molecule has 94 valence electrons. The first-order valence-electron chi connectivity index (χ1n) is 6.01. The molecular formula is C15H18N2O. The van der Waals surface area contributed by atoms with Crippen molar-refractivity contribution in [2.24, 2.45) is 0 Å². The van der Waals surface area contributed by atoms with Gasteiger partial charge in [0.1, 0.15) is 5.76 Å². The number of rotatable bonds is 2. The van der Waals surface area contributed by atoms with E-state index in [2.05, 4.69) is 47.6 Å². The van der Waals surface area contributed by atoms with E-state index in [4.69, 9.17) is 4.74 Å². The number of dihydropyridines is 1. The van der Waals surface area contributed by atoms with E-state index in [-0.39, 0.29) is 6.97 Å². The van der Waals surface area contributed by atoms with Crippen LogP contribution in [0.25, 0.3) is 10.9 Å². The van der Waals surface area contributed by atoms with Crippen LogP contribution in [0.3, 0.4) is 0 Å². The average molecular weight is 242 g/mol. The second kappa shape index (κ2) is 3.95. The normalized spacial score (nSPS) is 22.7. The molecule has 2 heterocycles. The molecule has 1 unspecified atom stereocenters. The monoisotopic (exact) mass is 242 g/mol. The van der Waals surface area contributed by atoms with Crippen LogP contribution in [0.5, 0.6) is 0 Å². The molecule has 1 aliphatic rings. The van der Waals surface area contributed by atoms with Crippen LogP contribution in [0, 0.1) is 0 Å². The highest BCUT2D eigenvalue weighted by Gasteiger charge is 2.26. The van der Waals surface area contributed by atoms with Crippen molar-refractivity contribution < 1.29 is 6.16 Å². The van der Waals surface area contributed by atoms with Crippen molar-refractivity contribution in [1.82, 2.24) is 10.3 Å². The smallest absolute Gasteiger partial charge is 0.134 e. The molecule has 3 heteroatoms. The van der Waals surface area contributed by atoms with Gasteiger partial charge in [0.25, 0.3) is 0 Å². The van der Waals surface area contributed by atoms with Gasteiger partial charge < -0.3 is 15.0 Å². The Bertz CT molecular complexity index is 611. The summed E-state index contributed by atoms with van der Waals surface area (Å²) in [5, 5.41) is 4.60. The van der Waals surface area contributed by atoms with E-state index in [0.29, 0.717) is 0 Å². The highest BCUT2D eigenvalue weighted by molar-refractivity contribution is 5.80. The SMILES string of the molecule is COC1=CNC(C)(c2cc3ccccc3[nH]2)C=C1.[HH]. The molecule has 3 rings (SSSR count). The van der Waals surface area contributed by atoms with Crippen molar-refractivity contribution in [3.63, 3.8) is 0 Å². The summed E-state index contributed by atoms with van der Waals surface area (Å²) in [6, 6.07) is 10.5. The van der Waals surface area contributed by atoms with Crippen LogP contribution in [-0.4, -0.2) is 12.1 Å². The highest BCUT2D eigenvalue weighted by Crippen LogP contribution is 2.28. The number of aromatic amines is 1. The lowest BCUT2D eigenvalue weighted by molar-refractivity contribution is 0.296. The zero-order valence-corrected chi connectivity index (χ0v) is 10.5. The summed E-state index contributed by atoms with van der Waals surface area (Å²) in [5.41, 5.74) is 2.08. The largest absolute Gasteiger partial charge is 0.495 e. The molecule has 0 spiro atoms. The number of hydrogen-bond donors (Lipinski definition) is 2. The molecule has 18 heavy (non-hydrogen) atoms. The lowest BCUT2D eigenvalue weighted by atomic mass is 9.95. The van der Waals surface area contributed by atoms with E-state index in [1.165, 1.54) is 5.39 Å². The quantitative estimate of drug-likeness (QED) is 0.848. The molecule has 0 amide bonds. The van der Waals surface area contributed by atoms with E-state index in [9.17, 15) is 0 Å². The Morgan fingerprint density at radius 3 is 2.78 bits per heavy atom. The van der Waals surface area contributed by atoms with E-state index in [0.717, 1.165) is 17.0 Å². The molecule has 0 radical (unpaired) electrons. The standard InChI is InChI=1S/C15H16N2O.H2/c1-15(8-7-12(18-2)10-16-15)14-9-11-5-3-4-6-13(11)17-14;/h3-10,16-17H,1-2H3;1H. The predicted octanol–water partition coefficient (Wildman–Crippen LogP) is 3.28. The Kier molecular flexibility index (Phi) is 2.40. The number of benzene rings is 1. The summed E-state index contributed by atoms with van der Waals surface area (Å²) in [4.78, 5) is 3.45. The van der Waals surface area contributed by atoms with Crippen LogP contribution in [0.15, 0.2) is 54.4 Å². The first kappa shape index (κ1) is 11.0. The van der Waals surface area contributed by atoms with Crippen LogP contribution < -0.4 is 5.32 Å². The van der Waals surface area contributed by atoms with Crippen molar-refractivity contribution in [3.05, 3.63) is 60.1 Å². The molecule has 0 bridgehead atoms. The number of H-pyrrole nitrogens is 1. The maximum absolute atomic E-state index is 5.18. The Labute approximate surface area is 108 Å². The van der Waals surface area contributed by atoms with Gasteiger partial charge in [0.05, 0.1) is 12.6 Å². The third-order valence-corrected chi connectivity index (χ3v) is 3.42. The molecule has 0 saturated heterocycles. The maximum Gasteiger partial charge on any atom is 0.134 e. The number of fused-ring (bicyclic) bond motifs is 1. The Hall–Kier alpha value is -2.16.